The molecular weight excluding hydrogens is 394 g/mol. The van der Waals surface area contributed by atoms with Crippen LogP contribution in [0.15, 0.2) is 35.9 Å². The van der Waals surface area contributed by atoms with Gasteiger partial charge in [0.25, 0.3) is 0 Å². The minimum Gasteiger partial charge on any atom is -0.348 e. The van der Waals surface area contributed by atoms with Gasteiger partial charge in [0.15, 0.2) is 0 Å². The van der Waals surface area contributed by atoms with Gasteiger partial charge in [0.1, 0.15) is 6.54 Å². The lowest BCUT2D eigenvalue weighted by molar-refractivity contribution is -0.144. The number of carbonyl (C=O) groups is 4. The highest BCUT2D eigenvalue weighted by Crippen LogP contribution is 2.22. The maximum Gasteiger partial charge on any atom is 0.334 e. The van der Waals surface area contributed by atoms with Gasteiger partial charge in [0.05, 0.1) is 6.04 Å². The van der Waals surface area contributed by atoms with Crippen LogP contribution in [0.5, 0.6) is 0 Å². The third-order valence-corrected chi connectivity index (χ3v) is 5.44. The molecule has 5 amide bonds. The Balaban J connectivity index is 1.57. The fourth-order valence-electron chi connectivity index (χ4n) is 3.56. The van der Waals surface area contributed by atoms with E-state index in [1.54, 1.807) is 25.1 Å². The van der Waals surface area contributed by atoms with Crippen LogP contribution in [-0.4, -0.2) is 46.6 Å². The second kappa shape index (κ2) is 9.22. The largest absolute Gasteiger partial charge is 0.348 e. The van der Waals surface area contributed by atoms with E-state index in [2.05, 4.69) is 11.4 Å². The number of carbonyl (C=O) groups excluding carboxylic acids is 4. The van der Waals surface area contributed by atoms with Crippen LogP contribution in [-0.2, 0) is 14.4 Å². The van der Waals surface area contributed by atoms with Crippen molar-refractivity contribution < 1.29 is 19.2 Å². The third-order valence-electron chi connectivity index (χ3n) is 5.20. The highest BCUT2D eigenvalue weighted by molar-refractivity contribution is 6.45. The number of rotatable bonds is 7. The molecule has 0 bridgehead atoms. The molecule has 29 heavy (non-hydrogen) atoms. The molecule has 8 heteroatoms. The van der Waals surface area contributed by atoms with E-state index in [0.29, 0.717) is 16.3 Å². The molecule has 1 saturated heterocycles. The average molecular weight is 418 g/mol. The molecule has 1 fully saturated rings. The van der Waals surface area contributed by atoms with Gasteiger partial charge in [-0.3, -0.25) is 19.3 Å². The lowest BCUT2D eigenvalue weighted by Gasteiger charge is -2.19. The maximum absolute atomic E-state index is 12.5. The Hall–Kier alpha value is -2.67. The first-order chi connectivity index (χ1) is 13.9. The van der Waals surface area contributed by atoms with Crippen LogP contribution in [0.25, 0.3) is 0 Å². The molecule has 0 spiro atoms. The summed E-state index contributed by atoms with van der Waals surface area (Å²) in [6.45, 7) is 1.44. The predicted molar refractivity (Wildman–Crippen MR) is 108 cm³/mol. The summed E-state index contributed by atoms with van der Waals surface area (Å²) < 4.78 is 0. The molecule has 154 valence electrons. The summed E-state index contributed by atoms with van der Waals surface area (Å²) in [4.78, 5) is 50.9. The van der Waals surface area contributed by atoms with E-state index in [-0.39, 0.29) is 12.6 Å². The summed E-state index contributed by atoms with van der Waals surface area (Å²) in [5.41, 5.74) is 2.00. The molecule has 1 aromatic rings. The number of nitrogens with one attached hydrogen (secondary N) is 1. The quantitative estimate of drug-likeness (QED) is 0.419. The number of allylic oxidation sites excluding steroid dienone is 1. The lowest BCUT2D eigenvalue weighted by atomic mass is 9.97. The fraction of sp³-hybridized carbons (Fsp3) is 0.429. The van der Waals surface area contributed by atoms with Gasteiger partial charge in [0.2, 0.25) is 5.91 Å². The molecule has 7 nitrogen and oxygen atoms in total. The first-order valence-corrected chi connectivity index (χ1v) is 10.1. The Morgan fingerprint density at radius 1 is 1.17 bits per heavy atom. The van der Waals surface area contributed by atoms with Crippen molar-refractivity contribution >= 4 is 35.4 Å². The predicted octanol–water partition coefficient (Wildman–Crippen LogP) is 3.20. The van der Waals surface area contributed by atoms with Crippen molar-refractivity contribution in [3.05, 3.63) is 46.5 Å². The summed E-state index contributed by atoms with van der Waals surface area (Å²) in [5.74, 6) is -2.36. The van der Waals surface area contributed by atoms with E-state index >= 15 is 0 Å². The first-order valence-electron chi connectivity index (χ1n) is 9.77. The van der Waals surface area contributed by atoms with Gasteiger partial charge >= 0.3 is 17.8 Å². The van der Waals surface area contributed by atoms with Gasteiger partial charge < -0.3 is 5.32 Å². The molecule has 1 aliphatic heterocycles. The Bertz CT molecular complexity index is 867. The normalized spacial score (nSPS) is 18.1. The number of hydrogen-bond donors (Lipinski definition) is 1. The third kappa shape index (κ3) is 5.03. The molecule has 1 N–H and O–H groups in total. The highest BCUT2D eigenvalue weighted by atomic mass is 35.5. The average Bonchev–Trinajstić information content (AvgIpc) is 2.90. The standard InChI is InChI=1S/C21H24ClN3O4/c1-14(16-8-5-9-17(22)12-16)23-18(26)13-25-20(28)19(27)24(21(25)29)11-10-15-6-3-2-4-7-15/h5-6,8-9,12,14H,2-4,7,10-11,13H2,1H3,(H,23,26)/t14-/m0/s1. The van der Waals surface area contributed by atoms with Crippen LogP contribution in [0.4, 0.5) is 4.79 Å². The molecule has 0 saturated carbocycles. The number of halogens is 1. The summed E-state index contributed by atoms with van der Waals surface area (Å²) >= 11 is 5.96. The SMILES string of the molecule is C[C@H](NC(=O)CN1C(=O)C(=O)N(CCC2=CCCCC2)C1=O)c1cccc(Cl)c1. The maximum atomic E-state index is 12.5. The van der Waals surface area contributed by atoms with Crippen molar-refractivity contribution in [2.45, 2.75) is 45.1 Å². The van der Waals surface area contributed by atoms with Crippen LogP contribution in [0.2, 0.25) is 5.02 Å². The van der Waals surface area contributed by atoms with Crippen LogP contribution >= 0.6 is 11.6 Å². The van der Waals surface area contributed by atoms with Crippen molar-refractivity contribution in [1.82, 2.24) is 15.1 Å². The molecule has 1 heterocycles. The zero-order valence-electron chi connectivity index (χ0n) is 16.3. The van der Waals surface area contributed by atoms with E-state index in [1.165, 1.54) is 5.57 Å². The van der Waals surface area contributed by atoms with Gasteiger partial charge in [-0.15, -0.1) is 0 Å². The van der Waals surface area contributed by atoms with Gasteiger partial charge in [-0.2, -0.15) is 0 Å². The van der Waals surface area contributed by atoms with Crippen LogP contribution in [0, 0.1) is 0 Å². The minimum absolute atomic E-state index is 0.159. The monoisotopic (exact) mass is 417 g/mol. The van der Waals surface area contributed by atoms with Crippen molar-refractivity contribution in [2.24, 2.45) is 0 Å². The fourth-order valence-corrected chi connectivity index (χ4v) is 3.76. The zero-order chi connectivity index (χ0) is 21.0. The molecule has 0 aromatic heterocycles. The van der Waals surface area contributed by atoms with Crippen molar-refractivity contribution in [3.8, 4) is 0 Å². The highest BCUT2D eigenvalue weighted by Gasteiger charge is 2.45. The number of benzene rings is 1. The van der Waals surface area contributed by atoms with Gasteiger partial charge in [0, 0.05) is 11.6 Å². The van der Waals surface area contributed by atoms with Crippen molar-refractivity contribution in [2.75, 3.05) is 13.1 Å². The van der Waals surface area contributed by atoms with Gasteiger partial charge in [-0.25, -0.2) is 9.69 Å². The molecule has 0 radical (unpaired) electrons. The number of nitrogens with zero attached hydrogens (tertiary/aromatic N) is 2. The Morgan fingerprint density at radius 3 is 2.62 bits per heavy atom. The first kappa shape index (κ1) is 21.0. The Kier molecular flexibility index (Phi) is 6.69. The molecule has 1 aromatic carbocycles. The van der Waals surface area contributed by atoms with Gasteiger partial charge in [-0.1, -0.05) is 35.4 Å². The van der Waals surface area contributed by atoms with Crippen molar-refractivity contribution in [1.29, 1.82) is 0 Å². The minimum atomic E-state index is -0.960. The summed E-state index contributed by atoms with van der Waals surface area (Å²) in [6, 6.07) is 5.94. The second-order valence-electron chi connectivity index (χ2n) is 7.33. The Morgan fingerprint density at radius 2 is 1.93 bits per heavy atom. The van der Waals surface area contributed by atoms with E-state index < -0.39 is 30.3 Å². The Labute approximate surface area is 174 Å². The summed E-state index contributed by atoms with van der Waals surface area (Å²) in [7, 11) is 0. The number of imide groups is 2. The lowest BCUT2D eigenvalue weighted by Crippen LogP contribution is -2.42. The zero-order valence-corrected chi connectivity index (χ0v) is 17.1. The van der Waals surface area contributed by atoms with Gasteiger partial charge in [-0.05, 0) is 56.7 Å². The van der Waals surface area contributed by atoms with E-state index in [4.69, 9.17) is 11.6 Å². The van der Waals surface area contributed by atoms with Crippen molar-refractivity contribution in [3.63, 3.8) is 0 Å². The number of urea groups is 1. The van der Waals surface area contributed by atoms with E-state index in [0.717, 1.165) is 36.1 Å². The molecule has 1 atom stereocenters. The molecular formula is C21H24ClN3O4. The second-order valence-corrected chi connectivity index (χ2v) is 7.77. The molecule has 3 rings (SSSR count). The topological polar surface area (TPSA) is 86.8 Å². The van der Waals surface area contributed by atoms with E-state index in [9.17, 15) is 19.2 Å². The summed E-state index contributed by atoms with van der Waals surface area (Å²) in [6.07, 6.45) is 6.92. The number of amides is 5. The van der Waals surface area contributed by atoms with E-state index in [1.807, 2.05) is 6.07 Å². The van der Waals surface area contributed by atoms with Crippen LogP contribution in [0.1, 0.15) is 50.6 Å². The number of hydrogen-bond acceptors (Lipinski definition) is 4. The molecule has 1 aliphatic carbocycles. The summed E-state index contributed by atoms with van der Waals surface area (Å²) in [5, 5.41) is 3.27. The molecule has 0 unspecified atom stereocenters. The van der Waals surface area contributed by atoms with Crippen LogP contribution in [0.3, 0.4) is 0 Å². The van der Waals surface area contributed by atoms with Crippen LogP contribution < -0.4 is 5.32 Å². The molecule has 2 aliphatic rings. The smallest absolute Gasteiger partial charge is 0.334 e.